The fraction of sp³-hybridized carbons (Fsp3) is 0. The number of rotatable bonds is 3. The van der Waals surface area contributed by atoms with Gasteiger partial charge in [-0.3, -0.25) is 15.1 Å². The Labute approximate surface area is 102 Å². The van der Waals surface area contributed by atoms with Gasteiger partial charge in [-0.25, -0.2) is 4.79 Å². The van der Waals surface area contributed by atoms with Crippen molar-refractivity contribution >= 4 is 11.7 Å². The normalized spacial score (nSPS) is 10.0. The van der Waals surface area contributed by atoms with Crippen LogP contribution in [0.5, 0.6) is 0 Å². The van der Waals surface area contributed by atoms with Crippen LogP contribution in [0.1, 0.15) is 10.4 Å². The molecule has 0 radical (unpaired) electrons. The van der Waals surface area contributed by atoms with Gasteiger partial charge in [0.25, 0.3) is 5.69 Å². The molecule has 0 aliphatic rings. The molecule has 1 heterocycles. The van der Waals surface area contributed by atoms with Gasteiger partial charge >= 0.3 is 5.97 Å². The van der Waals surface area contributed by atoms with Gasteiger partial charge in [-0.2, -0.15) is 0 Å². The highest BCUT2D eigenvalue weighted by Gasteiger charge is 2.17. The maximum atomic E-state index is 10.9. The summed E-state index contributed by atoms with van der Waals surface area (Å²) in [7, 11) is 0. The third-order valence-electron chi connectivity index (χ3n) is 2.43. The van der Waals surface area contributed by atoms with Crippen molar-refractivity contribution in [3.63, 3.8) is 0 Å². The Bertz CT molecular complexity index is 611. The Kier molecular flexibility index (Phi) is 3.01. The fourth-order valence-electron chi connectivity index (χ4n) is 1.59. The van der Waals surface area contributed by atoms with Gasteiger partial charge < -0.3 is 5.11 Å². The Morgan fingerprint density at radius 3 is 2.44 bits per heavy atom. The van der Waals surface area contributed by atoms with Crippen LogP contribution in [0.2, 0.25) is 0 Å². The molecule has 18 heavy (non-hydrogen) atoms. The number of hydrogen-bond donors (Lipinski definition) is 1. The molecule has 0 amide bonds. The van der Waals surface area contributed by atoms with Crippen LogP contribution in [-0.2, 0) is 0 Å². The number of carbonyl (C=O) groups is 1. The minimum Gasteiger partial charge on any atom is -0.478 e. The second-order valence-corrected chi connectivity index (χ2v) is 3.53. The lowest BCUT2D eigenvalue weighted by Gasteiger charge is -2.04. The van der Waals surface area contributed by atoms with Crippen molar-refractivity contribution < 1.29 is 14.8 Å². The Balaban J connectivity index is 2.65. The maximum Gasteiger partial charge on any atom is 0.335 e. The maximum absolute atomic E-state index is 10.9. The van der Waals surface area contributed by atoms with Crippen LogP contribution in [0, 0.1) is 10.1 Å². The van der Waals surface area contributed by atoms with Crippen LogP contribution in [0.4, 0.5) is 5.69 Å². The number of nitro groups is 1. The van der Waals surface area contributed by atoms with Gasteiger partial charge in [0, 0.05) is 18.5 Å². The summed E-state index contributed by atoms with van der Waals surface area (Å²) in [6.45, 7) is 0. The van der Waals surface area contributed by atoms with Crippen LogP contribution in [0.3, 0.4) is 0 Å². The van der Waals surface area contributed by atoms with Gasteiger partial charge in [-0.05, 0) is 29.8 Å². The highest BCUT2D eigenvalue weighted by molar-refractivity contribution is 5.91. The lowest BCUT2D eigenvalue weighted by atomic mass is 10.0. The lowest BCUT2D eigenvalue weighted by molar-refractivity contribution is -0.384. The van der Waals surface area contributed by atoms with Gasteiger partial charge in [-0.15, -0.1) is 0 Å². The number of pyridine rings is 1. The van der Waals surface area contributed by atoms with Crippen LogP contribution in [0.25, 0.3) is 11.1 Å². The predicted octanol–water partition coefficient (Wildman–Crippen LogP) is 2.36. The minimum atomic E-state index is -1.12. The molecule has 0 aliphatic carbocycles. The van der Waals surface area contributed by atoms with Gasteiger partial charge in [0.1, 0.15) is 0 Å². The van der Waals surface area contributed by atoms with Crippen molar-refractivity contribution in [1.29, 1.82) is 0 Å². The second-order valence-electron chi connectivity index (χ2n) is 3.53. The molecule has 6 heteroatoms. The molecule has 0 unspecified atom stereocenters. The number of hydrogen-bond acceptors (Lipinski definition) is 4. The molecule has 2 rings (SSSR count). The van der Waals surface area contributed by atoms with E-state index < -0.39 is 10.9 Å². The van der Waals surface area contributed by atoms with E-state index in [1.54, 1.807) is 12.1 Å². The number of benzene rings is 1. The number of carboxylic acid groups (broad SMARTS) is 1. The van der Waals surface area contributed by atoms with E-state index in [1.165, 1.54) is 30.6 Å². The molecule has 1 N–H and O–H groups in total. The largest absolute Gasteiger partial charge is 0.478 e. The van der Waals surface area contributed by atoms with Gasteiger partial charge in [0.2, 0.25) is 0 Å². The molecule has 2 aromatic rings. The van der Waals surface area contributed by atoms with Crippen molar-refractivity contribution in [3.05, 3.63) is 58.4 Å². The fourth-order valence-corrected chi connectivity index (χ4v) is 1.59. The lowest BCUT2D eigenvalue weighted by Crippen LogP contribution is -1.99. The summed E-state index contributed by atoms with van der Waals surface area (Å²) >= 11 is 0. The minimum absolute atomic E-state index is 0.00686. The van der Waals surface area contributed by atoms with E-state index in [0.717, 1.165) is 0 Å². The van der Waals surface area contributed by atoms with Crippen molar-refractivity contribution in [1.82, 2.24) is 4.98 Å². The molecule has 90 valence electrons. The van der Waals surface area contributed by atoms with Gasteiger partial charge in [0.15, 0.2) is 0 Å². The molecule has 1 aromatic carbocycles. The van der Waals surface area contributed by atoms with Crippen LogP contribution in [-0.4, -0.2) is 21.0 Å². The number of carboxylic acids is 1. The standard InChI is InChI=1S/C12H8N2O4/c15-12(16)9-1-2-11(14(17)18)10(7-9)8-3-5-13-6-4-8/h1-7H,(H,15,16). The summed E-state index contributed by atoms with van der Waals surface area (Å²) in [5.41, 5.74) is 0.695. The first kappa shape index (κ1) is 11.7. The predicted molar refractivity (Wildman–Crippen MR) is 63.3 cm³/mol. The molecule has 0 saturated heterocycles. The number of nitro benzene ring substituents is 1. The average molecular weight is 244 g/mol. The highest BCUT2D eigenvalue weighted by Crippen LogP contribution is 2.30. The molecule has 6 nitrogen and oxygen atoms in total. The molecule has 0 aliphatic heterocycles. The molecular formula is C12H8N2O4. The smallest absolute Gasteiger partial charge is 0.335 e. The Morgan fingerprint density at radius 1 is 1.22 bits per heavy atom. The summed E-state index contributed by atoms with van der Waals surface area (Å²) in [4.78, 5) is 25.1. The van der Waals surface area contributed by atoms with Gasteiger partial charge in [-0.1, -0.05) is 0 Å². The monoisotopic (exact) mass is 244 g/mol. The summed E-state index contributed by atoms with van der Waals surface area (Å²) < 4.78 is 0. The van der Waals surface area contributed by atoms with Crippen LogP contribution >= 0.6 is 0 Å². The van der Waals surface area contributed by atoms with E-state index in [2.05, 4.69) is 4.98 Å². The highest BCUT2D eigenvalue weighted by atomic mass is 16.6. The van der Waals surface area contributed by atoms with Crippen molar-refractivity contribution in [3.8, 4) is 11.1 Å². The van der Waals surface area contributed by atoms with Crippen molar-refractivity contribution in [2.45, 2.75) is 0 Å². The van der Waals surface area contributed by atoms with E-state index in [0.29, 0.717) is 5.56 Å². The molecule has 0 fully saturated rings. The first-order valence-electron chi connectivity index (χ1n) is 5.01. The van der Waals surface area contributed by atoms with E-state index in [1.807, 2.05) is 0 Å². The third kappa shape index (κ3) is 2.17. The average Bonchev–Trinajstić information content (AvgIpc) is 2.39. The first-order valence-corrected chi connectivity index (χ1v) is 5.01. The van der Waals surface area contributed by atoms with Gasteiger partial charge in [0.05, 0.1) is 16.1 Å². The second kappa shape index (κ2) is 4.62. The topological polar surface area (TPSA) is 93.3 Å². The SMILES string of the molecule is O=C(O)c1ccc([N+](=O)[O-])c(-c2ccncc2)c1. The van der Waals surface area contributed by atoms with E-state index >= 15 is 0 Å². The molecule has 0 atom stereocenters. The van der Waals surface area contributed by atoms with Crippen LogP contribution < -0.4 is 0 Å². The first-order chi connectivity index (χ1) is 8.59. The number of nitrogens with zero attached hydrogens (tertiary/aromatic N) is 2. The molecule has 0 spiro atoms. The Morgan fingerprint density at radius 2 is 1.89 bits per heavy atom. The zero-order chi connectivity index (χ0) is 13.1. The zero-order valence-corrected chi connectivity index (χ0v) is 9.11. The third-order valence-corrected chi connectivity index (χ3v) is 2.43. The quantitative estimate of drug-likeness (QED) is 0.660. The Hall–Kier alpha value is -2.76. The van der Waals surface area contributed by atoms with Crippen molar-refractivity contribution in [2.75, 3.05) is 0 Å². The van der Waals surface area contributed by atoms with E-state index in [9.17, 15) is 14.9 Å². The molecule has 0 bridgehead atoms. The summed E-state index contributed by atoms with van der Waals surface area (Å²) in [6, 6.07) is 6.88. The molecule has 0 saturated carbocycles. The number of aromatic carboxylic acids is 1. The summed E-state index contributed by atoms with van der Waals surface area (Å²) in [6.07, 6.45) is 2.99. The van der Waals surface area contributed by atoms with E-state index in [-0.39, 0.29) is 16.8 Å². The van der Waals surface area contributed by atoms with Crippen LogP contribution in [0.15, 0.2) is 42.7 Å². The molecule has 1 aromatic heterocycles. The van der Waals surface area contributed by atoms with Crippen molar-refractivity contribution in [2.24, 2.45) is 0 Å². The summed E-state index contributed by atoms with van der Waals surface area (Å²) in [5.74, 6) is -1.12. The van der Waals surface area contributed by atoms with E-state index in [4.69, 9.17) is 5.11 Å². The summed E-state index contributed by atoms with van der Waals surface area (Å²) in [5, 5.41) is 19.8. The number of aromatic nitrogens is 1. The zero-order valence-electron chi connectivity index (χ0n) is 9.11. The molecular weight excluding hydrogens is 236 g/mol.